The minimum Gasteiger partial charge on any atom is -0.394 e. The topological polar surface area (TPSA) is 450 Å². The molecule has 16 N–H and O–H groups in total. The van der Waals surface area contributed by atoms with Crippen molar-refractivity contribution in [1.82, 2.24) is 39.0 Å². The van der Waals surface area contributed by atoms with Crippen LogP contribution in [0.25, 0.3) is 22.3 Å². The quantitative estimate of drug-likeness (QED) is 0.0696. The summed E-state index contributed by atoms with van der Waals surface area (Å²) in [6.07, 6.45) is -5.01. The maximum absolute atomic E-state index is 11.8. The molecule has 0 aromatic carbocycles. The number of aliphatic hydroxyl groups is 4. The second-order valence-corrected chi connectivity index (χ2v) is 15.1. The second-order valence-electron chi connectivity index (χ2n) is 10.6. The highest BCUT2D eigenvalue weighted by molar-refractivity contribution is 7.66. The smallest absolute Gasteiger partial charge is 0.394 e. The normalized spacial score (nSPS) is 27.6. The van der Waals surface area contributed by atoms with Gasteiger partial charge in [0.2, 0.25) is 11.9 Å². The Morgan fingerprint density at radius 1 is 0.765 bits per heavy atom. The van der Waals surface area contributed by atoms with E-state index in [9.17, 15) is 33.9 Å². The molecule has 4 aromatic heterocycles. The lowest BCUT2D eigenvalue weighted by molar-refractivity contribution is -0.0503. The molecule has 2 fully saturated rings. The molecule has 0 saturated carbocycles. The van der Waals surface area contributed by atoms with E-state index in [0.29, 0.717) is 17.6 Å². The molecule has 0 bridgehead atoms. The lowest BCUT2D eigenvalue weighted by atomic mass is 10.1. The van der Waals surface area contributed by atoms with Crippen LogP contribution in [-0.4, -0.2) is 123 Å². The molecule has 0 radical (unpaired) electrons. The first-order chi connectivity index (χ1) is 23.7. The summed E-state index contributed by atoms with van der Waals surface area (Å²) >= 11 is 0. The lowest BCUT2D eigenvalue weighted by Crippen LogP contribution is -2.33. The maximum Gasteiger partial charge on any atom is 0.490 e. The van der Waals surface area contributed by atoms with Gasteiger partial charge in [0.05, 0.1) is 32.0 Å². The van der Waals surface area contributed by atoms with E-state index in [1.165, 1.54) is 6.33 Å². The lowest BCUT2D eigenvalue weighted by Gasteiger charge is -2.19. The number of phosphoric ester groups is 1. The van der Waals surface area contributed by atoms with Gasteiger partial charge in [-0.2, -0.15) is 28.6 Å². The summed E-state index contributed by atoms with van der Waals surface area (Å²) in [5.74, 6) is -0.0417. The van der Waals surface area contributed by atoms with Gasteiger partial charge in [-0.3, -0.25) is 13.7 Å². The Labute approximate surface area is 283 Å². The van der Waals surface area contributed by atoms with Gasteiger partial charge in [-0.05, 0) is 0 Å². The van der Waals surface area contributed by atoms with Crippen molar-refractivity contribution in [2.24, 2.45) is 0 Å². The first kappa shape index (κ1) is 38.7. The summed E-state index contributed by atoms with van der Waals surface area (Å²) in [7, 11) is -16.7. The summed E-state index contributed by atoms with van der Waals surface area (Å²) < 4.78 is 59.0. The molecule has 51 heavy (non-hydrogen) atoms. The standard InChI is InChI=1S/C10H17N6O13P3.C10H14N6O3/c11-7-4-8(15-10(12)14-7)16(2-13-4)9-6(18)5(17)3(27-9)1-26-31(22,23)29-32(24,25)28-30(19,20)21;11-8-7-9(15-10(12)14-8)16(3-13-7)6-1-4(18)5(2-17)19-6/h2-3,5-6,9,17-18H,1H2,(H,22,23)(H,24,25)(H2,19,20,21)(H4,11,12,14,15);3-6,17-18H,1-2H2,(H4,11,12,14,15)/t3-,5-,6-,9-;4-,5+,6+/m10/s1. The van der Waals surface area contributed by atoms with E-state index < -0.39 is 73.1 Å². The van der Waals surface area contributed by atoms with Gasteiger partial charge in [0.1, 0.15) is 41.7 Å². The van der Waals surface area contributed by atoms with E-state index in [-0.39, 0.29) is 41.3 Å². The van der Waals surface area contributed by atoms with E-state index in [1.807, 2.05) is 0 Å². The fraction of sp³-hybridized carbons (Fsp3) is 0.500. The van der Waals surface area contributed by atoms with Crippen LogP contribution in [0.2, 0.25) is 0 Å². The van der Waals surface area contributed by atoms with Gasteiger partial charge in [-0.25, -0.2) is 23.7 Å². The molecule has 0 aliphatic carbocycles. The third-order valence-corrected chi connectivity index (χ3v) is 10.9. The van der Waals surface area contributed by atoms with Crippen LogP contribution in [0.15, 0.2) is 12.7 Å². The Kier molecular flexibility index (Phi) is 11.0. The van der Waals surface area contributed by atoms with Crippen molar-refractivity contribution in [3.05, 3.63) is 12.7 Å². The maximum atomic E-state index is 11.8. The second kappa shape index (κ2) is 14.5. The Morgan fingerprint density at radius 2 is 1.31 bits per heavy atom. The Balaban J connectivity index is 0.000000224. The highest BCUT2D eigenvalue weighted by atomic mass is 31.3. The number of rotatable bonds is 10. The summed E-state index contributed by atoms with van der Waals surface area (Å²) in [6.45, 7) is -1.23. The molecule has 9 atom stereocenters. The number of fused-ring (bicyclic) bond motifs is 2. The zero-order valence-corrected chi connectivity index (χ0v) is 28.1. The summed E-state index contributed by atoms with van der Waals surface area (Å²) in [4.78, 5) is 59.2. The van der Waals surface area contributed by atoms with Crippen molar-refractivity contribution < 1.29 is 76.3 Å². The fourth-order valence-corrected chi connectivity index (χ4v) is 7.96. The first-order valence-corrected chi connectivity index (χ1v) is 18.5. The number of aromatic nitrogens is 8. The number of ether oxygens (including phenoxy) is 2. The molecule has 28 nitrogen and oxygen atoms in total. The van der Waals surface area contributed by atoms with E-state index >= 15 is 0 Å². The first-order valence-electron chi connectivity index (χ1n) is 13.9. The number of hydrogen-bond acceptors (Lipinski definition) is 22. The van der Waals surface area contributed by atoms with E-state index in [0.717, 1.165) is 10.9 Å². The zero-order chi connectivity index (χ0) is 37.6. The van der Waals surface area contributed by atoms with Crippen LogP contribution in [0.5, 0.6) is 0 Å². The average molecular weight is 788 g/mol. The summed E-state index contributed by atoms with van der Waals surface area (Å²) in [6, 6.07) is 0. The summed E-state index contributed by atoms with van der Waals surface area (Å²) in [5, 5.41) is 39.3. The molecular formula is C20H31N12O16P3. The van der Waals surface area contributed by atoms with Crippen molar-refractivity contribution in [3.8, 4) is 0 Å². The Bertz CT molecular complexity index is 2050. The van der Waals surface area contributed by atoms with Crippen LogP contribution in [0.1, 0.15) is 18.9 Å². The van der Waals surface area contributed by atoms with E-state index in [2.05, 4.69) is 43.0 Å². The number of nitrogens with two attached hydrogens (primary N) is 4. The monoisotopic (exact) mass is 788 g/mol. The minimum atomic E-state index is -5.72. The molecule has 2 aliphatic heterocycles. The number of hydrogen-bond donors (Lipinski definition) is 12. The van der Waals surface area contributed by atoms with Gasteiger partial charge in [0.15, 0.2) is 29.2 Å². The van der Waals surface area contributed by atoms with Gasteiger partial charge in [-0.15, -0.1) is 0 Å². The molecule has 6 rings (SSSR count). The van der Waals surface area contributed by atoms with Crippen molar-refractivity contribution >= 4 is 69.3 Å². The molecule has 4 aromatic rings. The van der Waals surface area contributed by atoms with Crippen LogP contribution in [0.4, 0.5) is 23.5 Å². The Hall–Kier alpha value is -3.53. The Morgan fingerprint density at radius 3 is 1.84 bits per heavy atom. The molecule has 0 amide bonds. The SMILES string of the molecule is Nc1nc(N)c2ncn([C@@H]3O[C@H](COP(=O)(O)OP(=O)(O)OP(=O)(O)O)[C@@H](O)[C@H]3O)c2n1.Nc1nc(N)c2ncn([C@H]3C[C@H](O)[C@@H](CO)O3)c2n1. The molecule has 31 heteroatoms. The molecule has 282 valence electrons. The van der Waals surface area contributed by atoms with Gasteiger partial charge in [0.25, 0.3) is 0 Å². The molecule has 2 unspecified atom stereocenters. The van der Waals surface area contributed by atoms with Gasteiger partial charge < -0.3 is 72.4 Å². The third-order valence-electron chi connectivity index (χ3n) is 7.05. The number of nitrogen functional groups attached to an aromatic ring is 4. The highest BCUT2D eigenvalue weighted by Crippen LogP contribution is 2.66. The van der Waals surface area contributed by atoms with Crippen molar-refractivity contribution in [3.63, 3.8) is 0 Å². The molecule has 6 heterocycles. The average Bonchev–Trinajstić information content (AvgIpc) is 3.76. The third kappa shape index (κ3) is 8.75. The van der Waals surface area contributed by atoms with Crippen molar-refractivity contribution in [2.45, 2.75) is 49.4 Å². The predicted octanol–water partition coefficient (Wildman–Crippen LogP) is -3.42. The van der Waals surface area contributed by atoms with Crippen LogP contribution in [-0.2, 0) is 36.3 Å². The fourth-order valence-electron chi connectivity index (χ4n) is 4.93. The molecule has 2 aliphatic rings. The van der Waals surface area contributed by atoms with Crippen molar-refractivity contribution in [1.29, 1.82) is 0 Å². The number of nitrogens with zero attached hydrogens (tertiary/aromatic N) is 8. The van der Waals surface area contributed by atoms with Gasteiger partial charge in [0, 0.05) is 6.42 Å². The zero-order valence-electron chi connectivity index (χ0n) is 25.4. The van der Waals surface area contributed by atoms with Crippen LogP contribution in [0.3, 0.4) is 0 Å². The van der Waals surface area contributed by atoms with Crippen molar-refractivity contribution in [2.75, 3.05) is 36.1 Å². The number of aliphatic hydroxyl groups excluding tert-OH is 4. The van der Waals surface area contributed by atoms with Crippen LogP contribution in [0, 0.1) is 0 Å². The number of phosphoric acid groups is 3. The largest absolute Gasteiger partial charge is 0.490 e. The van der Waals surface area contributed by atoms with Crippen LogP contribution < -0.4 is 22.9 Å². The summed E-state index contributed by atoms with van der Waals surface area (Å²) in [5.41, 5.74) is 23.5. The number of imidazole rings is 2. The molecular weight excluding hydrogens is 757 g/mol. The van der Waals surface area contributed by atoms with Crippen LogP contribution >= 0.6 is 23.5 Å². The van der Waals surface area contributed by atoms with Gasteiger partial charge in [-0.1, -0.05) is 0 Å². The number of anilines is 4. The minimum absolute atomic E-state index is 0.0415. The van der Waals surface area contributed by atoms with E-state index in [4.69, 9.17) is 52.2 Å². The highest BCUT2D eigenvalue weighted by Gasteiger charge is 2.47. The predicted molar refractivity (Wildman–Crippen MR) is 166 cm³/mol. The molecule has 0 spiro atoms. The van der Waals surface area contributed by atoms with E-state index in [1.54, 1.807) is 4.57 Å². The van der Waals surface area contributed by atoms with Gasteiger partial charge >= 0.3 is 23.5 Å². The molecule has 2 saturated heterocycles.